The third kappa shape index (κ3) is 11.1. The van der Waals surface area contributed by atoms with E-state index in [1.54, 1.807) is 0 Å². The molecular weight excluding hydrogens is 656 g/mol. The van der Waals surface area contributed by atoms with Crippen LogP contribution >= 0.6 is 0 Å². The number of aliphatic hydroxyl groups is 2. The van der Waals surface area contributed by atoms with Gasteiger partial charge in [-0.15, -0.1) is 0 Å². The van der Waals surface area contributed by atoms with Crippen LogP contribution in [0.2, 0.25) is 0 Å². The molecule has 4 unspecified atom stereocenters. The second kappa shape index (κ2) is 19.1. The van der Waals surface area contributed by atoms with E-state index in [4.69, 9.17) is 9.47 Å². The molecule has 5 rings (SSSR count). The van der Waals surface area contributed by atoms with Crippen molar-refractivity contribution in [2.75, 3.05) is 91.8 Å². The number of piperazine rings is 2. The second-order valence-corrected chi connectivity index (χ2v) is 15.5. The van der Waals surface area contributed by atoms with Crippen LogP contribution in [0, 0.1) is 16.7 Å². The molecule has 2 aliphatic heterocycles. The zero-order valence-electron chi connectivity index (χ0n) is 31.4. The van der Waals surface area contributed by atoms with E-state index >= 15 is 0 Å². The maximum atomic E-state index is 13.5. The van der Waals surface area contributed by atoms with Gasteiger partial charge in [0.15, 0.2) is 0 Å². The molecule has 2 aromatic carbocycles. The van der Waals surface area contributed by atoms with Gasteiger partial charge in [-0.1, -0.05) is 98.8 Å². The summed E-state index contributed by atoms with van der Waals surface area (Å²) in [5.74, 6) is -1.27. The van der Waals surface area contributed by atoms with Gasteiger partial charge in [-0.25, -0.2) is 0 Å². The molecule has 10 heteroatoms. The van der Waals surface area contributed by atoms with Crippen molar-refractivity contribution in [1.82, 2.24) is 19.6 Å². The van der Waals surface area contributed by atoms with Crippen molar-refractivity contribution in [1.29, 1.82) is 0 Å². The van der Waals surface area contributed by atoms with Crippen LogP contribution in [0.3, 0.4) is 0 Å². The van der Waals surface area contributed by atoms with E-state index in [-0.39, 0.29) is 19.2 Å². The quantitative estimate of drug-likeness (QED) is 0.249. The molecule has 10 nitrogen and oxygen atoms in total. The maximum absolute atomic E-state index is 13.5. The molecule has 0 amide bonds. The average Bonchev–Trinajstić information content (AvgIpc) is 3.40. The minimum atomic E-state index is -0.899. The number of benzene rings is 2. The maximum Gasteiger partial charge on any atom is 0.312 e. The van der Waals surface area contributed by atoms with Crippen LogP contribution in [0.4, 0.5) is 0 Å². The number of carbonyl (C=O) groups excluding carboxylic acids is 2. The fourth-order valence-electron chi connectivity index (χ4n) is 7.70. The minimum Gasteiger partial charge on any atom is -0.463 e. The summed E-state index contributed by atoms with van der Waals surface area (Å²) >= 11 is 0. The Bertz CT molecular complexity index is 1450. The van der Waals surface area contributed by atoms with Gasteiger partial charge < -0.3 is 19.7 Å². The van der Waals surface area contributed by atoms with Crippen LogP contribution in [0.25, 0.3) is 12.2 Å². The van der Waals surface area contributed by atoms with Crippen molar-refractivity contribution in [3.8, 4) is 0 Å². The number of nitrogens with zero attached hydrogens (tertiary/aromatic N) is 4. The Kier molecular flexibility index (Phi) is 14.6. The van der Waals surface area contributed by atoms with Crippen molar-refractivity contribution in [2.45, 2.75) is 45.8 Å². The molecule has 52 heavy (non-hydrogen) atoms. The van der Waals surface area contributed by atoms with Crippen LogP contribution in [-0.2, 0) is 19.1 Å². The Labute approximate surface area is 310 Å². The third-order valence-electron chi connectivity index (χ3n) is 11.6. The Morgan fingerprint density at radius 1 is 0.692 bits per heavy atom. The predicted molar refractivity (Wildman–Crippen MR) is 205 cm³/mol. The van der Waals surface area contributed by atoms with Gasteiger partial charge in [-0.2, -0.15) is 0 Å². The van der Waals surface area contributed by atoms with E-state index in [2.05, 4.69) is 68.2 Å². The first-order valence-electron chi connectivity index (χ1n) is 19.1. The monoisotopic (exact) mass is 716 g/mol. The topological polar surface area (TPSA) is 106 Å². The highest BCUT2D eigenvalue weighted by Gasteiger charge is 2.59. The second-order valence-electron chi connectivity index (χ2n) is 15.5. The van der Waals surface area contributed by atoms with E-state index in [0.717, 1.165) is 65.4 Å². The van der Waals surface area contributed by atoms with Crippen LogP contribution in [0.5, 0.6) is 0 Å². The summed E-state index contributed by atoms with van der Waals surface area (Å²) in [6, 6.07) is 20.5. The normalized spacial score (nSPS) is 24.7. The highest BCUT2D eigenvalue weighted by molar-refractivity contribution is 5.82. The molecule has 2 saturated heterocycles. The zero-order chi connectivity index (χ0) is 37.0. The number of ether oxygens (including phenoxy) is 2. The largest absolute Gasteiger partial charge is 0.463 e. The van der Waals surface area contributed by atoms with Crippen LogP contribution < -0.4 is 0 Å². The van der Waals surface area contributed by atoms with Crippen molar-refractivity contribution in [3.05, 3.63) is 83.9 Å². The first kappa shape index (κ1) is 39.8. The van der Waals surface area contributed by atoms with E-state index in [0.29, 0.717) is 25.9 Å². The molecule has 0 spiro atoms. The summed E-state index contributed by atoms with van der Waals surface area (Å²) in [5, 5.41) is 21.5. The minimum absolute atomic E-state index is 0.0720. The van der Waals surface area contributed by atoms with Gasteiger partial charge in [0.05, 0.1) is 11.3 Å². The summed E-state index contributed by atoms with van der Waals surface area (Å²) in [7, 11) is 0. The Hall–Kier alpha value is -3.38. The Morgan fingerprint density at radius 3 is 1.58 bits per heavy atom. The fourth-order valence-corrected chi connectivity index (χ4v) is 7.70. The summed E-state index contributed by atoms with van der Waals surface area (Å²) < 4.78 is 11.4. The molecule has 1 saturated carbocycles. The molecule has 0 radical (unpaired) electrons. The van der Waals surface area contributed by atoms with E-state index in [9.17, 15) is 19.8 Å². The fraction of sp³-hybridized carbons (Fsp3) is 0.571. The van der Waals surface area contributed by atoms with Gasteiger partial charge in [-0.3, -0.25) is 29.2 Å². The molecule has 3 aliphatic rings. The lowest BCUT2D eigenvalue weighted by Crippen LogP contribution is -2.49. The number of hydrogen-bond donors (Lipinski definition) is 2. The molecule has 2 aromatic rings. The molecule has 284 valence electrons. The number of carbonyl (C=O) groups is 2. The van der Waals surface area contributed by atoms with Crippen molar-refractivity contribution >= 4 is 24.1 Å². The van der Waals surface area contributed by atoms with Crippen molar-refractivity contribution in [3.63, 3.8) is 0 Å². The summed E-state index contributed by atoms with van der Waals surface area (Å²) in [4.78, 5) is 36.0. The number of hydrogen-bond acceptors (Lipinski definition) is 10. The van der Waals surface area contributed by atoms with E-state index in [1.165, 1.54) is 11.1 Å². The predicted octanol–water partition coefficient (Wildman–Crippen LogP) is 3.90. The van der Waals surface area contributed by atoms with Gasteiger partial charge in [-0.05, 0) is 36.3 Å². The summed E-state index contributed by atoms with van der Waals surface area (Å²) in [6.07, 6.45) is 8.08. The first-order chi connectivity index (χ1) is 25.0. The molecule has 2 N–H and O–H groups in total. The Morgan fingerprint density at radius 2 is 1.12 bits per heavy atom. The van der Waals surface area contributed by atoms with Gasteiger partial charge in [0.1, 0.15) is 25.4 Å². The molecule has 2 heterocycles. The third-order valence-corrected chi connectivity index (χ3v) is 11.6. The van der Waals surface area contributed by atoms with Crippen LogP contribution in [-0.4, -0.2) is 146 Å². The van der Waals surface area contributed by atoms with Crippen molar-refractivity contribution in [2.24, 2.45) is 16.7 Å². The summed E-state index contributed by atoms with van der Waals surface area (Å²) in [6.45, 7) is 15.3. The lowest BCUT2D eigenvalue weighted by molar-refractivity contribution is -0.168. The first-order valence-corrected chi connectivity index (χ1v) is 19.1. The van der Waals surface area contributed by atoms with Gasteiger partial charge >= 0.3 is 11.9 Å². The average molecular weight is 717 g/mol. The standard InChI is InChI=1S/C42H60N4O6/c1-41(2)38(39(49)51-32-36(47)30-45-26-22-43(23-27-45)20-10-16-34-12-6-4-7-13-34)18-19-42(41,3)40(50)52-33-37(48)31-46-28-24-44(25-29-46)21-11-17-35-14-8-5-9-15-35/h4-17,36-38,47-48H,18-33H2,1-3H3. The zero-order valence-corrected chi connectivity index (χ0v) is 31.4. The number of rotatable bonds is 16. The van der Waals surface area contributed by atoms with E-state index < -0.39 is 34.9 Å². The Balaban J connectivity index is 0.966. The molecule has 0 aromatic heterocycles. The number of aliphatic hydroxyl groups excluding tert-OH is 2. The molecule has 3 fully saturated rings. The van der Waals surface area contributed by atoms with Crippen LogP contribution in [0.1, 0.15) is 44.7 Å². The van der Waals surface area contributed by atoms with Gasteiger partial charge in [0, 0.05) is 78.5 Å². The van der Waals surface area contributed by atoms with Gasteiger partial charge in [0.25, 0.3) is 0 Å². The highest BCUT2D eigenvalue weighted by Crippen LogP contribution is 2.57. The van der Waals surface area contributed by atoms with Gasteiger partial charge in [0.2, 0.25) is 0 Å². The lowest BCUT2D eigenvalue weighted by Gasteiger charge is -2.39. The molecule has 1 aliphatic carbocycles. The summed E-state index contributed by atoms with van der Waals surface area (Å²) in [5.41, 5.74) is 0.774. The van der Waals surface area contributed by atoms with Crippen molar-refractivity contribution < 1.29 is 29.3 Å². The molecule has 4 atom stereocenters. The van der Waals surface area contributed by atoms with Crippen LogP contribution in [0.15, 0.2) is 72.8 Å². The smallest absolute Gasteiger partial charge is 0.312 e. The molecule has 0 bridgehead atoms. The SMILES string of the molecule is CC1(C(=O)OCC(O)CN2CCN(CC=Cc3ccccc3)CC2)CCC(C(=O)OCC(O)CN2CCN(CC=Cc3ccccc3)CC2)C1(C)C. The lowest BCUT2D eigenvalue weighted by atomic mass is 9.65. The molecular formula is C42H60N4O6. The highest BCUT2D eigenvalue weighted by atomic mass is 16.5. The van der Waals surface area contributed by atoms with E-state index in [1.807, 2.05) is 57.2 Å². The number of β-amino-alcohol motifs (C(OH)–C–C–N with tert-alkyl or cyclic N) is 2. The number of esters is 2.